The highest BCUT2D eigenvalue weighted by molar-refractivity contribution is 5.25. The summed E-state index contributed by atoms with van der Waals surface area (Å²) in [5.74, 6) is 1.59. The highest BCUT2D eigenvalue weighted by atomic mass is 16.5. The summed E-state index contributed by atoms with van der Waals surface area (Å²) in [4.78, 5) is 0. The Bertz CT molecular complexity index is 396. The summed E-state index contributed by atoms with van der Waals surface area (Å²) < 4.78 is 5.17. The third kappa shape index (κ3) is 4.49. The first-order valence-electron chi connectivity index (χ1n) is 8.08. The lowest BCUT2D eigenvalue weighted by atomic mass is 9.78. The number of rotatable bonds is 6. The monoisotopic (exact) mass is 272 g/mol. The zero-order valence-electron chi connectivity index (χ0n) is 13.0. The fraction of sp³-hybridized carbons (Fsp3) is 0.579. The standard InChI is InChI=1S/C19H28O/c1-3-4-5-6-16-7-11-18(12-8-16)19-13-9-17(10-14-19)15-20-2/h5-6,9-10,13-14,16,18H,3-4,7-8,11-12,15H2,1-2H3/b6-5+. The molecule has 1 aliphatic rings. The van der Waals surface area contributed by atoms with Crippen molar-refractivity contribution in [3.63, 3.8) is 0 Å². The lowest BCUT2D eigenvalue weighted by Gasteiger charge is -2.27. The van der Waals surface area contributed by atoms with Crippen LogP contribution in [-0.2, 0) is 11.3 Å². The topological polar surface area (TPSA) is 9.23 Å². The van der Waals surface area contributed by atoms with Crippen LogP contribution < -0.4 is 0 Å². The molecule has 1 aromatic rings. The summed E-state index contributed by atoms with van der Waals surface area (Å²) in [5.41, 5.74) is 2.79. The summed E-state index contributed by atoms with van der Waals surface area (Å²) in [6.45, 7) is 2.96. The molecule has 1 heteroatoms. The third-order valence-electron chi connectivity index (χ3n) is 4.40. The van der Waals surface area contributed by atoms with E-state index in [1.165, 1.54) is 49.7 Å². The van der Waals surface area contributed by atoms with Gasteiger partial charge in [-0.2, -0.15) is 0 Å². The molecule has 0 aromatic heterocycles. The molecule has 0 bridgehead atoms. The van der Waals surface area contributed by atoms with Crippen molar-refractivity contribution in [2.24, 2.45) is 5.92 Å². The predicted octanol–water partition coefficient (Wildman–Crippen LogP) is 5.46. The van der Waals surface area contributed by atoms with E-state index in [1.807, 2.05) is 0 Å². The molecule has 0 atom stereocenters. The Labute approximate surface area is 124 Å². The molecule has 2 rings (SSSR count). The van der Waals surface area contributed by atoms with Gasteiger partial charge in [0.2, 0.25) is 0 Å². The molecule has 0 saturated heterocycles. The minimum atomic E-state index is 0.718. The Kier molecular flexibility index (Phi) is 6.32. The van der Waals surface area contributed by atoms with E-state index in [9.17, 15) is 0 Å². The molecule has 110 valence electrons. The zero-order chi connectivity index (χ0) is 14.2. The maximum absolute atomic E-state index is 5.17. The normalized spacial score (nSPS) is 23.3. The zero-order valence-corrected chi connectivity index (χ0v) is 13.0. The second-order valence-electron chi connectivity index (χ2n) is 6.00. The van der Waals surface area contributed by atoms with E-state index in [1.54, 1.807) is 7.11 Å². The van der Waals surface area contributed by atoms with Gasteiger partial charge in [0.05, 0.1) is 6.61 Å². The van der Waals surface area contributed by atoms with E-state index in [2.05, 4.69) is 43.3 Å². The Balaban J connectivity index is 1.83. The van der Waals surface area contributed by atoms with Gasteiger partial charge in [-0.3, -0.25) is 0 Å². The molecule has 1 fully saturated rings. The third-order valence-corrected chi connectivity index (χ3v) is 4.40. The molecule has 0 N–H and O–H groups in total. The summed E-state index contributed by atoms with van der Waals surface area (Å²) in [7, 11) is 1.75. The molecule has 1 nitrogen and oxygen atoms in total. The van der Waals surface area contributed by atoms with Gasteiger partial charge >= 0.3 is 0 Å². The van der Waals surface area contributed by atoms with E-state index in [0.29, 0.717) is 0 Å². The first-order valence-corrected chi connectivity index (χ1v) is 8.08. The minimum absolute atomic E-state index is 0.718. The number of ether oxygens (including phenoxy) is 1. The maximum Gasteiger partial charge on any atom is 0.0713 e. The fourth-order valence-electron chi connectivity index (χ4n) is 3.15. The van der Waals surface area contributed by atoms with Crippen LogP contribution in [0, 0.1) is 5.92 Å². The van der Waals surface area contributed by atoms with Crippen molar-refractivity contribution in [1.29, 1.82) is 0 Å². The second-order valence-corrected chi connectivity index (χ2v) is 6.00. The summed E-state index contributed by atoms with van der Waals surface area (Å²) in [5, 5.41) is 0. The first kappa shape index (κ1) is 15.3. The number of hydrogen-bond donors (Lipinski definition) is 0. The average Bonchev–Trinajstić information content (AvgIpc) is 2.49. The van der Waals surface area contributed by atoms with Crippen LogP contribution in [0.1, 0.15) is 62.5 Å². The van der Waals surface area contributed by atoms with Crippen molar-refractivity contribution in [3.8, 4) is 0 Å². The van der Waals surface area contributed by atoms with Gasteiger partial charge in [0.1, 0.15) is 0 Å². The molecule has 1 aromatic carbocycles. The van der Waals surface area contributed by atoms with Crippen molar-refractivity contribution in [3.05, 3.63) is 47.5 Å². The number of allylic oxidation sites excluding steroid dienone is 2. The van der Waals surface area contributed by atoms with Gasteiger partial charge in [0.25, 0.3) is 0 Å². The quantitative estimate of drug-likeness (QED) is 0.624. The molecule has 0 unspecified atom stereocenters. The van der Waals surface area contributed by atoms with E-state index in [4.69, 9.17) is 4.74 Å². The van der Waals surface area contributed by atoms with Crippen molar-refractivity contribution in [1.82, 2.24) is 0 Å². The van der Waals surface area contributed by atoms with Crippen LogP contribution >= 0.6 is 0 Å². The van der Waals surface area contributed by atoms with Gasteiger partial charge in [-0.15, -0.1) is 0 Å². The van der Waals surface area contributed by atoms with E-state index >= 15 is 0 Å². The van der Waals surface area contributed by atoms with Crippen LogP contribution in [0.3, 0.4) is 0 Å². The summed E-state index contributed by atoms with van der Waals surface area (Å²) >= 11 is 0. The second kappa shape index (κ2) is 8.26. The molecular formula is C19H28O. The predicted molar refractivity (Wildman–Crippen MR) is 85.9 cm³/mol. The van der Waals surface area contributed by atoms with E-state index in [0.717, 1.165) is 18.4 Å². The minimum Gasteiger partial charge on any atom is -0.380 e. The van der Waals surface area contributed by atoms with Crippen molar-refractivity contribution >= 4 is 0 Å². The first-order chi connectivity index (χ1) is 9.83. The molecule has 0 spiro atoms. The van der Waals surface area contributed by atoms with Crippen LogP contribution in [0.15, 0.2) is 36.4 Å². The fourth-order valence-corrected chi connectivity index (χ4v) is 3.15. The van der Waals surface area contributed by atoms with E-state index < -0.39 is 0 Å². The molecule has 0 radical (unpaired) electrons. The smallest absolute Gasteiger partial charge is 0.0713 e. The van der Waals surface area contributed by atoms with Crippen LogP contribution in [0.4, 0.5) is 0 Å². The van der Waals surface area contributed by atoms with Crippen molar-refractivity contribution < 1.29 is 4.74 Å². The van der Waals surface area contributed by atoms with Crippen LogP contribution in [0.5, 0.6) is 0 Å². The van der Waals surface area contributed by atoms with Gasteiger partial charge in [0, 0.05) is 7.11 Å². The molecule has 20 heavy (non-hydrogen) atoms. The van der Waals surface area contributed by atoms with Gasteiger partial charge < -0.3 is 4.74 Å². The Hall–Kier alpha value is -1.08. The molecule has 1 saturated carbocycles. The lowest BCUT2D eigenvalue weighted by molar-refractivity contribution is 0.185. The Morgan fingerprint density at radius 3 is 2.40 bits per heavy atom. The molecule has 0 amide bonds. The van der Waals surface area contributed by atoms with E-state index in [-0.39, 0.29) is 0 Å². The number of hydrogen-bond acceptors (Lipinski definition) is 1. The Morgan fingerprint density at radius 2 is 1.80 bits per heavy atom. The van der Waals surface area contributed by atoms with Crippen LogP contribution in [0.2, 0.25) is 0 Å². The van der Waals surface area contributed by atoms with Gasteiger partial charge in [-0.25, -0.2) is 0 Å². The number of unbranched alkanes of at least 4 members (excludes halogenated alkanes) is 1. The molecule has 1 aliphatic carbocycles. The van der Waals surface area contributed by atoms with Crippen LogP contribution in [-0.4, -0.2) is 7.11 Å². The number of methoxy groups -OCH3 is 1. The highest BCUT2D eigenvalue weighted by Crippen LogP contribution is 2.36. The van der Waals surface area contributed by atoms with Gasteiger partial charge in [0.15, 0.2) is 0 Å². The molecule has 0 aliphatic heterocycles. The molecular weight excluding hydrogens is 244 g/mol. The highest BCUT2D eigenvalue weighted by Gasteiger charge is 2.20. The van der Waals surface area contributed by atoms with Gasteiger partial charge in [-0.05, 0) is 55.1 Å². The average molecular weight is 272 g/mol. The lowest BCUT2D eigenvalue weighted by Crippen LogP contribution is -2.11. The van der Waals surface area contributed by atoms with Crippen molar-refractivity contribution in [2.75, 3.05) is 7.11 Å². The largest absolute Gasteiger partial charge is 0.380 e. The van der Waals surface area contributed by atoms with Crippen molar-refractivity contribution in [2.45, 2.75) is 58.0 Å². The summed E-state index contributed by atoms with van der Waals surface area (Å²) in [6.07, 6.45) is 12.7. The maximum atomic E-state index is 5.17. The van der Waals surface area contributed by atoms with Crippen LogP contribution in [0.25, 0.3) is 0 Å². The van der Waals surface area contributed by atoms with Gasteiger partial charge in [-0.1, -0.05) is 49.8 Å². The SMILES string of the molecule is CCC/C=C/C1CCC(c2ccc(COC)cc2)CC1. The molecule has 0 heterocycles. The number of benzene rings is 1. The Morgan fingerprint density at radius 1 is 1.10 bits per heavy atom. The summed E-state index contributed by atoms with van der Waals surface area (Å²) in [6, 6.07) is 9.02.